The molecular formula is C28H30F3N7O2S. The van der Waals surface area contributed by atoms with Gasteiger partial charge in [0.2, 0.25) is 11.8 Å². The van der Waals surface area contributed by atoms with Gasteiger partial charge in [-0.1, -0.05) is 30.3 Å². The molecule has 0 radical (unpaired) electrons. The van der Waals surface area contributed by atoms with Crippen LogP contribution in [-0.4, -0.2) is 68.3 Å². The SMILES string of the molecule is Cc1ccccc1-c1nc(NS(=O)c2cnn(C)c2)nc(Oc2cccc(N3CCN(C)CC3)c2)c1CC(F)(F)F. The lowest BCUT2D eigenvalue weighted by Crippen LogP contribution is -2.44. The number of aromatic nitrogens is 4. The first-order valence-electron chi connectivity index (χ1n) is 13.0. The summed E-state index contributed by atoms with van der Waals surface area (Å²) in [4.78, 5) is 13.5. The van der Waals surface area contributed by atoms with E-state index in [0.29, 0.717) is 16.2 Å². The van der Waals surface area contributed by atoms with Crippen molar-refractivity contribution in [1.82, 2.24) is 24.6 Å². The fraction of sp³-hybridized carbons (Fsp3) is 0.321. The molecule has 1 N–H and O–H groups in total. The lowest BCUT2D eigenvalue weighted by molar-refractivity contribution is -0.127. The number of anilines is 2. The van der Waals surface area contributed by atoms with Crippen LogP contribution >= 0.6 is 0 Å². The van der Waals surface area contributed by atoms with E-state index in [1.807, 2.05) is 6.07 Å². The highest BCUT2D eigenvalue weighted by Gasteiger charge is 2.33. The smallest absolute Gasteiger partial charge is 0.393 e. The molecule has 1 unspecified atom stereocenters. The molecule has 41 heavy (non-hydrogen) atoms. The number of nitrogens with one attached hydrogen (secondary N) is 1. The number of benzene rings is 2. The molecule has 2 aromatic heterocycles. The van der Waals surface area contributed by atoms with Crippen LogP contribution in [0.5, 0.6) is 11.6 Å². The van der Waals surface area contributed by atoms with Crippen molar-refractivity contribution in [2.24, 2.45) is 7.05 Å². The number of rotatable bonds is 8. The first-order valence-corrected chi connectivity index (χ1v) is 14.1. The lowest BCUT2D eigenvalue weighted by atomic mass is 10.00. The fourth-order valence-electron chi connectivity index (χ4n) is 4.57. The third-order valence-electron chi connectivity index (χ3n) is 6.73. The van der Waals surface area contributed by atoms with Gasteiger partial charge in [-0.2, -0.15) is 23.3 Å². The van der Waals surface area contributed by atoms with Crippen molar-refractivity contribution in [1.29, 1.82) is 0 Å². The Bertz CT molecular complexity index is 1550. The summed E-state index contributed by atoms with van der Waals surface area (Å²) < 4.78 is 65.1. The standard InChI is InChI=1S/C28H30F3N7O2S/c1-19-7-4-5-10-23(19)25-24(16-28(29,30)31)26(34-27(33-25)35-41(39)22-17-32-37(3)18-22)40-21-9-6-8-20(15-21)38-13-11-36(2)12-14-38/h4-10,15,17-18H,11-14,16H2,1-3H3,(H,33,34,35). The Morgan fingerprint density at radius 2 is 1.78 bits per heavy atom. The first kappa shape index (κ1) is 28.6. The van der Waals surface area contributed by atoms with Crippen LogP contribution in [-0.2, 0) is 24.5 Å². The summed E-state index contributed by atoms with van der Waals surface area (Å²) in [5.74, 6) is -0.0722. The van der Waals surface area contributed by atoms with Crippen LogP contribution < -0.4 is 14.4 Å². The highest BCUT2D eigenvalue weighted by Crippen LogP contribution is 2.38. The molecule has 5 rings (SSSR count). The summed E-state index contributed by atoms with van der Waals surface area (Å²) in [6.07, 6.45) is -2.89. The number of likely N-dealkylation sites (N-methyl/N-ethyl adjacent to an activating group) is 1. The van der Waals surface area contributed by atoms with E-state index >= 15 is 0 Å². The topological polar surface area (TPSA) is 88.4 Å². The maximum atomic E-state index is 13.9. The van der Waals surface area contributed by atoms with Crippen LogP contribution in [0.2, 0.25) is 0 Å². The van der Waals surface area contributed by atoms with Crippen molar-refractivity contribution >= 4 is 22.6 Å². The predicted molar refractivity (Wildman–Crippen MR) is 151 cm³/mol. The van der Waals surface area contributed by atoms with Crippen molar-refractivity contribution in [2.75, 3.05) is 42.8 Å². The van der Waals surface area contributed by atoms with Gasteiger partial charge >= 0.3 is 6.18 Å². The molecule has 4 aromatic rings. The molecule has 3 heterocycles. The number of piperazine rings is 1. The summed E-state index contributed by atoms with van der Waals surface area (Å²) in [6.45, 7) is 5.22. The van der Waals surface area contributed by atoms with Crippen LogP contribution in [0.3, 0.4) is 0 Å². The van der Waals surface area contributed by atoms with E-state index in [0.717, 1.165) is 37.4 Å². The van der Waals surface area contributed by atoms with Crippen molar-refractivity contribution in [3.8, 4) is 22.9 Å². The summed E-state index contributed by atoms with van der Waals surface area (Å²) in [7, 11) is 1.92. The Morgan fingerprint density at radius 1 is 1.02 bits per heavy atom. The summed E-state index contributed by atoms with van der Waals surface area (Å²) in [5.41, 5.74) is 1.94. The number of alkyl halides is 3. The number of nitrogens with zero attached hydrogens (tertiary/aromatic N) is 6. The Hall–Kier alpha value is -3.97. The molecule has 1 aliphatic rings. The minimum atomic E-state index is -4.56. The van der Waals surface area contributed by atoms with E-state index in [2.05, 4.69) is 36.6 Å². The van der Waals surface area contributed by atoms with Gasteiger partial charge in [-0.15, -0.1) is 0 Å². The molecule has 0 aliphatic carbocycles. The summed E-state index contributed by atoms with van der Waals surface area (Å²) >= 11 is 0. The Balaban J connectivity index is 1.59. The van der Waals surface area contributed by atoms with Crippen molar-refractivity contribution in [3.05, 3.63) is 72.1 Å². The van der Waals surface area contributed by atoms with Crippen LogP contribution in [0.1, 0.15) is 11.1 Å². The number of halogens is 3. The van der Waals surface area contributed by atoms with Crippen LogP contribution in [0, 0.1) is 6.92 Å². The largest absolute Gasteiger partial charge is 0.438 e. The maximum absolute atomic E-state index is 13.9. The third-order valence-corrected chi connectivity index (χ3v) is 7.73. The quantitative estimate of drug-likeness (QED) is 0.313. The average Bonchev–Trinajstić information content (AvgIpc) is 3.37. The van der Waals surface area contributed by atoms with E-state index < -0.39 is 23.6 Å². The van der Waals surface area contributed by atoms with E-state index in [9.17, 15) is 17.4 Å². The minimum Gasteiger partial charge on any atom is -0.438 e. The van der Waals surface area contributed by atoms with E-state index in [4.69, 9.17) is 4.74 Å². The molecule has 0 amide bonds. The second kappa shape index (κ2) is 11.9. The highest BCUT2D eigenvalue weighted by atomic mass is 32.2. The Morgan fingerprint density at radius 3 is 2.46 bits per heavy atom. The average molecular weight is 586 g/mol. The summed E-state index contributed by atoms with van der Waals surface area (Å²) in [6, 6.07) is 14.2. The molecule has 1 saturated heterocycles. The van der Waals surface area contributed by atoms with Gasteiger partial charge in [-0.3, -0.25) is 9.40 Å². The normalized spacial score (nSPS) is 15.1. The molecule has 2 aromatic carbocycles. The number of hydrogen-bond acceptors (Lipinski definition) is 7. The Kier molecular flexibility index (Phi) is 8.27. The zero-order valence-electron chi connectivity index (χ0n) is 22.9. The first-order chi connectivity index (χ1) is 19.6. The number of aryl methyl sites for hydroxylation is 2. The van der Waals surface area contributed by atoms with Crippen LogP contribution in [0.4, 0.5) is 24.8 Å². The second-order valence-corrected chi connectivity index (χ2v) is 11.1. The van der Waals surface area contributed by atoms with Crippen LogP contribution in [0.25, 0.3) is 11.3 Å². The second-order valence-electron chi connectivity index (χ2n) is 9.90. The molecule has 0 saturated carbocycles. The van der Waals surface area contributed by atoms with Gasteiger partial charge in [0.25, 0.3) is 0 Å². The molecule has 13 heteroatoms. The van der Waals surface area contributed by atoms with Crippen molar-refractivity contribution < 1.29 is 22.1 Å². The van der Waals surface area contributed by atoms with Crippen molar-refractivity contribution in [2.45, 2.75) is 24.4 Å². The van der Waals surface area contributed by atoms with Gasteiger partial charge in [0.05, 0.1) is 28.8 Å². The zero-order valence-corrected chi connectivity index (χ0v) is 23.7. The van der Waals surface area contributed by atoms with Crippen LogP contribution in [0.15, 0.2) is 65.8 Å². The van der Waals surface area contributed by atoms with Gasteiger partial charge in [0.15, 0.2) is 11.0 Å². The van der Waals surface area contributed by atoms with Gasteiger partial charge in [0.1, 0.15) is 5.75 Å². The maximum Gasteiger partial charge on any atom is 0.393 e. The van der Waals surface area contributed by atoms with Gasteiger partial charge in [-0.05, 0) is 31.7 Å². The lowest BCUT2D eigenvalue weighted by Gasteiger charge is -2.34. The molecule has 1 atom stereocenters. The Labute approximate surface area is 238 Å². The predicted octanol–water partition coefficient (Wildman–Crippen LogP) is 4.97. The molecule has 0 spiro atoms. The summed E-state index contributed by atoms with van der Waals surface area (Å²) in [5, 5.41) is 4.02. The fourth-order valence-corrected chi connectivity index (χ4v) is 5.34. The highest BCUT2D eigenvalue weighted by molar-refractivity contribution is 7.86. The number of hydrogen-bond donors (Lipinski definition) is 1. The van der Waals surface area contributed by atoms with E-state index in [-0.39, 0.29) is 23.1 Å². The molecule has 1 aliphatic heterocycles. The van der Waals surface area contributed by atoms with Gasteiger partial charge in [0, 0.05) is 56.7 Å². The zero-order chi connectivity index (χ0) is 29.1. The molecule has 0 bridgehead atoms. The molecule has 216 valence electrons. The third kappa shape index (κ3) is 7.03. The van der Waals surface area contributed by atoms with Crippen molar-refractivity contribution in [3.63, 3.8) is 0 Å². The van der Waals surface area contributed by atoms with E-state index in [1.54, 1.807) is 62.6 Å². The van der Waals surface area contributed by atoms with Gasteiger partial charge < -0.3 is 14.5 Å². The molecular weight excluding hydrogens is 555 g/mol. The van der Waals surface area contributed by atoms with Gasteiger partial charge in [-0.25, -0.2) is 9.19 Å². The molecule has 9 nitrogen and oxygen atoms in total. The minimum absolute atomic E-state index is 0.0475. The number of ether oxygens (including phenoxy) is 1. The van der Waals surface area contributed by atoms with E-state index in [1.165, 1.54) is 10.9 Å². The monoisotopic (exact) mass is 585 g/mol. The molecule has 1 fully saturated rings.